The normalized spacial score (nSPS) is 12.5. The first-order valence-electron chi connectivity index (χ1n) is 6.18. The zero-order valence-electron chi connectivity index (χ0n) is 11.6. The standard InChI is InChI=1S/C13H21N3O2S/c1-4-19(17,18)6-5-15-13(14)16-12-8-10(2)7-11(3)9-12/h7-9H,4-6H2,1-3H3,(H3,14,15,16). The molecule has 0 aliphatic rings. The molecule has 0 aliphatic heterocycles. The maximum absolute atomic E-state index is 11.3. The maximum Gasteiger partial charge on any atom is 0.193 e. The number of rotatable bonds is 5. The topological polar surface area (TPSA) is 84.5 Å². The molecule has 3 N–H and O–H groups in total. The number of guanidine groups is 1. The van der Waals surface area contributed by atoms with Crippen molar-refractivity contribution >= 4 is 21.5 Å². The van der Waals surface area contributed by atoms with E-state index in [4.69, 9.17) is 5.73 Å². The average Bonchev–Trinajstić information content (AvgIpc) is 2.27. The minimum atomic E-state index is -2.99. The Hall–Kier alpha value is -1.56. The van der Waals surface area contributed by atoms with Gasteiger partial charge in [-0.25, -0.2) is 8.42 Å². The number of hydrogen-bond donors (Lipinski definition) is 2. The lowest BCUT2D eigenvalue weighted by Crippen LogP contribution is -2.24. The van der Waals surface area contributed by atoms with E-state index in [0.29, 0.717) is 0 Å². The van der Waals surface area contributed by atoms with Crippen LogP contribution in [0.15, 0.2) is 23.2 Å². The van der Waals surface area contributed by atoms with E-state index in [1.54, 1.807) is 6.92 Å². The summed E-state index contributed by atoms with van der Waals surface area (Å²) >= 11 is 0. The summed E-state index contributed by atoms with van der Waals surface area (Å²) in [6, 6.07) is 5.97. The molecular formula is C13H21N3O2S. The van der Waals surface area contributed by atoms with Gasteiger partial charge in [-0.15, -0.1) is 0 Å². The molecule has 0 saturated carbocycles. The van der Waals surface area contributed by atoms with E-state index in [1.807, 2.05) is 26.0 Å². The van der Waals surface area contributed by atoms with E-state index < -0.39 is 9.84 Å². The molecule has 0 atom stereocenters. The Bertz CT molecular complexity index is 545. The number of nitrogens with two attached hydrogens (primary N) is 1. The molecular weight excluding hydrogens is 262 g/mol. The first kappa shape index (κ1) is 15.5. The zero-order chi connectivity index (χ0) is 14.5. The molecule has 0 unspecified atom stereocenters. The quantitative estimate of drug-likeness (QED) is 0.633. The highest BCUT2D eigenvalue weighted by Crippen LogP contribution is 2.13. The van der Waals surface area contributed by atoms with E-state index >= 15 is 0 Å². The van der Waals surface area contributed by atoms with Crippen LogP contribution in [-0.2, 0) is 9.84 Å². The molecule has 0 saturated heterocycles. The molecule has 19 heavy (non-hydrogen) atoms. The lowest BCUT2D eigenvalue weighted by molar-refractivity contribution is 0.597. The van der Waals surface area contributed by atoms with E-state index in [1.165, 1.54) is 0 Å². The van der Waals surface area contributed by atoms with Crippen LogP contribution in [0.5, 0.6) is 0 Å². The van der Waals surface area contributed by atoms with Gasteiger partial charge in [0.2, 0.25) is 0 Å². The third kappa shape index (κ3) is 5.74. The van der Waals surface area contributed by atoms with Crippen molar-refractivity contribution in [2.75, 3.05) is 23.4 Å². The summed E-state index contributed by atoms with van der Waals surface area (Å²) in [7, 11) is -2.99. The SMILES string of the molecule is CCS(=O)(=O)CCN=C(N)Nc1cc(C)cc(C)c1. The third-order valence-electron chi connectivity index (χ3n) is 2.62. The van der Waals surface area contributed by atoms with Crippen LogP contribution in [0.2, 0.25) is 0 Å². The zero-order valence-corrected chi connectivity index (χ0v) is 12.4. The van der Waals surface area contributed by atoms with E-state index in [9.17, 15) is 8.42 Å². The second-order valence-corrected chi connectivity index (χ2v) is 6.98. The summed E-state index contributed by atoms with van der Waals surface area (Å²) in [5.41, 5.74) is 8.84. The van der Waals surface area contributed by atoms with Crippen molar-refractivity contribution in [2.45, 2.75) is 20.8 Å². The second kappa shape index (κ2) is 6.56. The summed E-state index contributed by atoms with van der Waals surface area (Å²) in [6.45, 7) is 5.80. The van der Waals surface area contributed by atoms with Crippen molar-refractivity contribution in [1.29, 1.82) is 0 Å². The number of benzene rings is 1. The van der Waals surface area contributed by atoms with Gasteiger partial charge in [-0.2, -0.15) is 0 Å². The number of nitrogens with one attached hydrogen (secondary N) is 1. The average molecular weight is 283 g/mol. The summed E-state index contributed by atoms with van der Waals surface area (Å²) < 4.78 is 22.6. The molecule has 0 radical (unpaired) electrons. The molecule has 6 heteroatoms. The molecule has 0 aromatic heterocycles. The molecule has 5 nitrogen and oxygen atoms in total. The molecule has 1 aromatic carbocycles. The largest absolute Gasteiger partial charge is 0.370 e. The Labute approximate surface area is 114 Å². The highest BCUT2D eigenvalue weighted by Gasteiger charge is 2.06. The predicted molar refractivity (Wildman–Crippen MR) is 80.4 cm³/mol. The van der Waals surface area contributed by atoms with Gasteiger partial charge < -0.3 is 11.1 Å². The Morgan fingerprint density at radius 3 is 2.37 bits per heavy atom. The van der Waals surface area contributed by atoms with Crippen LogP contribution in [0.25, 0.3) is 0 Å². The van der Waals surface area contributed by atoms with Gasteiger partial charge in [0.05, 0.1) is 12.3 Å². The van der Waals surface area contributed by atoms with Gasteiger partial charge in [0.15, 0.2) is 15.8 Å². The number of anilines is 1. The first-order chi connectivity index (χ1) is 8.82. The Kier molecular flexibility index (Phi) is 5.35. The van der Waals surface area contributed by atoms with Crippen LogP contribution < -0.4 is 11.1 Å². The van der Waals surface area contributed by atoms with Gasteiger partial charge in [0.1, 0.15) is 0 Å². The van der Waals surface area contributed by atoms with Gasteiger partial charge in [0.25, 0.3) is 0 Å². The number of aliphatic imine (C=N–C) groups is 1. The van der Waals surface area contributed by atoms with Crippen molar-refractivity contribution < 1.29 is 8.42 Å². The summed E-state index contributed by atoms with van der Waals surface area (Å²) in [6.07, 6.45) is 0. The van der Waals surface area contributed by atoms with Crippen molar-refractivity contribution in [3.05, 3.63) is 29.3 Å². The highest BCUT2D eigenvalue weighted by atomic mass is 32.2. The monoisotopic (exact) mass is 283 g/mol. The van der Waals surface area contributed by atoms with Crippen LogP contribution in [-0.4, -0.2) is 32.4 Å². The molecule has 0 spiro atoms. The van der Waals surface area contributed by atoms with Crippen LogP contribution in [0, 0.1) is 13.8 Å². The summed E-state index contributed by atoms with van der Waals surface area (Å²) in [5.74, 6) is 0.391. The highest BCUT2D eigenvalue weighted by molar-refractivity contribution is 7.91. The number of aryl methyl sites for hydroxylation is 2. The number of nitrogens with zero attached hydrogens (tertiary/aromatic N) is 1. The van der Waals surface area contributed by atoms with Crippen LogP contribution >= 0.6 is 0 Å². The first-order valence-corrected chi connectivity index (χ1v) is 8.00. The van der Waals surface area contributed by atoms with Crippen LogP contribution in [0.1, 0.15) is 18.1 Å². The predicted octanol–water partition coefficient (Wildman–Crippen LogP) is 1.46. The fourth-order valence-corrected chi connectivity index (χ4v) is 2.34. The molecule has 0 bridgehead atoms. The van der Waals surface area contributed by atoms with Gasteiger partial charge in [-0.3, -0.25) is 4.99 Å². The van der Waals surface area contributed by atoms with Crippen molar-refractivity contribution in [3.63, 3.8) is 0 Å². The lowest BCUT2D eigenvalue weighted by Gasteiger charge is -2.08. The van der Waals surface area contributed by atoms with Crippen LogP contribution in [0.4, 0.5) is 5.69 Å². The Morgan fingerprint density at radius 1 is 1.26 bits per heavy atom. The molecule has 0 fully saturated rings. The number of sulfone groups is 1. The minimum Gasteiger partial charge on any atom is -0.370 e. The van der Waals surface area contributed by atoms with Crippen molar-refractivity contribution in [3.8, 4) is 0 Å². The fraction of sp³-hybridized carbons (Fsp3) is 0.462. The molecule has 0 aliphatic carbocycles. The van der Waals surface area contributed by atoms with Crippen molar-refractivity contribution in [2.24, 2.45) is 10.7 Å². The molecule has 0 amide bonds. The molecule has 1 rings (SSSR count). The molecule has 0 heterocycles. The smallest absolute Gasteiger partial charge is 0.193 e. The summed E-state index contributed by atoms with van der Waals surface area (Å²) in [4.78, 5) is 4.02. The second-order valence-electron chi connectivity index (χ2n) is 4.50. The van der Waals surface area contributed by atoms with Crippen LogP contribution in [0.3, 0.4) is 0 Å². The van der Waals surface area contributed by atoms with Gasteiger partial charge in [0, 0.05) is 11.4 Å². The van der Waals surface area contributed by atoms with Gasteiger partial charge in [-0.05, 0) is 37.1 Å². The van der Waals surface area contributed by atoms with E-state index in [-0.39, 0.29) is 24.0 Å². The van der Waals surface area contributed by atoms with Gasteiger partial charge in [-0.1, -0.05) is 13.0 Å². The Balaban J connectivity index is 2.61. The molecule has 1 aromatic rings. The summed E-state index contributed by atoms with van der Waals surface area (Å²) in [5, 5.41) is 2.96. The van der Waals surface area contributed by atoms with Gasteiger partial charge >= 0.3 is 0 Å². The lowest BCUT2D eigenvalue weighted by atomic mass is 10.1. The molecule has 106 valence electrons. The third-order valence-corrected chi connectivity index (χ3v) is 4.30. The fourth-order valence-electron chi connectivity index (χ4n) is 1.68. The van der Waals surface area contributed by atoms with Crippen molar-refractivity contribution in [1.82, 2.24) is 0 Å². The Morgan fingerprint density at radius 2 is 1.84 bits per heavy atom. The maximum atomic E-state index is 11.3. The van der Waals surface area contributed by atoms with E-state index in [2.05, 4.69) is 16.4 Å². The number of hydrogen-bond acceptors (Lipinski definition) is 3. The minimum absolute atomic E-state index is 0.0265. The van der Waals surface area contributed by atoms with E-state index in [0.717, 1.165) is 16.8 Å².